The number of carbonyl (C=O) groups is 2. The van der Waals surface area contributed by atoms with Gasteiger partial charge in [-0.05, 0) is 42.5 Å². The summed E-state index contributed by atoms with van der Waals surface area (Å²) in [6.07, 6.45) is 1.60. The van der Waals surface area contributed by atoms with Gasteiger partial charge in [0.2, 0.25) is 11.6 Å². The average molecular weight is 422 g/mol. The first kappa shape index (κ1) is 19.4. The molecule has 0 saturated carbocycles. The third kappa shape index (κ3) is 3.65. The van der Waals surface area contributed by atoms with Crippen molar-refractivity contribution in [2.24, 2.45) is 0 Å². The van der Waals surface area contributed by atoms with Gasteiger partial charge in [-0.15, -0.1) is 10.2 Å². The van der Waals surface area contributed by atoms with Crippen LogP contribution in [-0.2, 0) is 4.79 Å². The van der Waals surface area contributed by atoms with Gasteiger partial charge in [0.1, 0.15) is 6.33 Å². The summed E-state index contributed by atoms with van der Waals surface area (Å²) in [5.74, 6) is 0.344. The van der Waals surface area contributed by atoms with Crippen LogP contribution in [0.3, 0.4) is 0 Å². The van der Waals surface area contributed by atoms with Crippen LogP contribution in [0.15, 0.2) is 79.1 Å². The first-order valence-corrected chi connectivity index (χ1v) is 9.96. The van der Waals surface area contributed by atoms with Gasteiger partial charge in [-0.1, -0.05) is 30.3 Å². The second-order valence-electron chi connectivity index (χ2n) is 7.27. The maximum atomic E-state index is 12.9. The van der Waals surface area contributed by atoms with Crippen LogP contribution in [0.2, 0.25) is 0 Å². The fourth-order valence-corrected chi connectivity index (χ4v) is 3.51. The lowest BCUT2D eigenvalue weighted by Gasteiger charge is -2.11. The highest BCUT2D eigenvalue weighted by Crippen LogP contribution is 2.25. The number of benzene rings is 3. The molecule has 0 bridgehead atoms. The molecule has 0 saturated heterocycles. The van der Waals surface area contributed by atoms with Crippen molar-refractivity contribution in [1.82, 2.24) is 19.6 Å². The van der Waals surface area contributed by atoms with E-state index in [1.54, 1.807) is 47.1 Å². The van der Waals surface area contributed by atoms with Crippen molar-refractivity contribution >= 4 is 45.6 Å². The summed E-state index contributed by atoms with van der Waals surface area (Å²) in [6, 6.07) is 21.8. The third-order valence-corrected chi connectivity index (χ3v) is 4.99. The molecule has 5 aromatic rings. The summed E-state index contributed by atoms with van der Waals surface area (Å²) in [5.41, 5.74) is 4.64. The van der Waals surface area contributed by atoms with E-state index < -0.39 is 0 Å². The summed E-state index contributed by atoms with van der Waals surface area (Å²) >= 11 is 0. The lowest BCUT2D eigenvalue weighted by atomic mass is 10.0. The highest BCUT2D eigenvalue weighted by Gasteiger charge is 2.14. The molecule has 32 heavy (non-hydrogen) atoms. The molecule has 8 heteroatoms. The lowest BCUT2D eigenvalue weighted by molar-refractivity contribution is -0.114. The third-order valence-electron chi connectivity index (χ3n) is 4.99. The van der Waals surface area contributed by atoms with Crippen molar-refractivity contribution in [2.75, 3.05) is 10.6 Å². The van der Waals surface area contributed by atoms with Crippen molar-refractivity contribution in [1.29, 1.82) is 0 Å². The Bertz CT molecular complexity index is 1460. The van der Waals surface area contributed by atoms with E-state index in [1.807, 2.05) is 36.4 Å². The van der Waals surface area contributed by atoms with E-state index in [0.717, 1.165) is 11.2 Å². The van der Waals surface area contributed by atoms with Crippen LogP contribution < -0.4 is 10.6 Å². The Balaban J connectivity index is 1.52. The molecule has 0 atom stereocenters. The first-order chi connectivity index (χ1) is 15.6. The molecule has 2 heterocycles. The highest BCUT2D eigenvalue weighted by atomic mass is 16.1. The molecule has 2 aromatic heterocycles. The number of amides is 1. The molecule has 3 aromatic carbocycles. The first-order valence-electron chi connectivity index (χ1n) is 9.96. The molecule has 2 N–H and O–H groups in total. The van der Waals surface area contributed by atoms with E-state index in [2.05, 4.69) is 20.8 Å². The Morgan fingerprint density at radius 1 is 0.875 bits per heavy atom. The molecule has 0 unspecified atom stereocenters. The van der Waals surface area contributed by atoms with Gasteiger partial charge in [0.05, 0.1) is 11.0 Å². The lowest BCUT2D eigenvalue weighted by Crippen LogP contribution is -2.06. The van der Waals surface area contributed by atoms with Gasteiger partial charge in [0.25, 0.3) is 0 Å². The van der Waals surface area contributed by atoms with E-state index in [1.165, 1.54) is 6.92 Å². The number of aromatic nitrogens is 4. The van der Waals surface area contributed by atoms with Crippen LogP contribution in [0.25, 0.3) is 16.7 Å². The Hall–Kier alpha value is -4.59. The quantitative estimate of drug-likeness (QED) is 0.412. The molecule has 0 aliphatic heterocycles. The molecular formula is C24H18N6O2. The minimum atomic E-state index is -0.128. The summed E-state index contributed by atoms with van der Waals surface area (Å²) in [5, 5.41) is 14.2. The largest absolute Gasteiger partial charge is 0.337 e. The van der Waals surface area contributed by atoms with Crippen molar-refractivity contribution in [3.63, 3.8) is 0 Å². The van der Waals surface area contributed by atoms with Crippen LogP contribution >= 0.6 is 0 Å². The molecule has 0 spiro atoms. The van der Waals surface area contributed by atoms with E-state index in [9.17, 15) is 9.59 Å². The van der Waals surface area contributed by atoms with Crippen LogP contribution in [0, 0.1) is 0 Å². The zero-order valence-corrected chi connectivity index (χ0v) is 17.1. The fraction of sp³-hybridized carbons (Fsp3) is 0.0417. The number of rotatable bonds is 5. The molecule has 1 amide bonds. The molecule has 0 aliphatic carbocycles. The van der Waals surface area contributed by atoms with Gasteiger partial charge in [0, 0.05) is 29.4 Å². The number of nitrogens with one attached hydrogen (secondary N) is 2. The fourth-order valence-electron chi connectivity index (χ4n) is 3.51. The Kier molecular flexibility index (Phi) is 4.79. The van der Waals surface area contributed by atoms with Gasteiger partial charge in [-0.25, -0.2) is 4.98 Å². The standard InChI is InChI=1S/C24H18N6O2/c1-15(31)26-18-8-10-19(11-9-18)27-23-24-29-25-14-30(24)21-13-17(7-12-20(21)28-23)22(32)16-5-3-2-4-6-16/h2-14H,1H3,(H,26,31)(H,27,28). The molecule has 0 fully saturated rings. The second-order valence-corrected chi connectivity index (χ2v) is 7.27. The number of anilines is 3. The number of nitrogens with zero attached hydrogens (tertiary/aromatic N) is 4. The van der Waals surface area contributed by atoms with Crippen molar-refractivity contribution < 1.29 is 9.59 Å². The van der Waals surface area contributed by atoms with E-state index in [0.29, 0.717) is 33.8 Å². The van der Waals surface area contributed by atoms with Crippen LogP contribution in [0.1, 0.15) is 22.8 Å². The minimum absolute atomic E-state index is 0.0600. The maximum Gasteiger partial charge on any atom is 0.221 e. The van der Waals surface area contributed by atoms with Gasteiger partial charge >= 0.3 is 0 Å². The second kappa shape index (κ2) is 7.92. The average Bonchev–Trinajstić information content (AvgIpc) is 3.31. The Morgan fingerprint density at radius 3 is 2.38 bits per heavy atom. The molecule has 8 nitrogen and oxygen atoms in total. The highest BCUT2D eigenvalue weighted by molar-refractivity contribution is 6.10. The maximum absolute atomic E-state index is 12.9. The van der Waals surface area contributed by atoms with Gasteiger partial charge in [-0.2, -0.15) is 0 Å². The van der Waals surface area contributed by atoms with E-state index in [4.69, 9.17) is 4.98 Å². The summed E-state index contributed by atoms with van der Waals surface area (Å²) in [7, 11) is 0. The van der Waals surface area contributed by atoms with E-state index in [-0.39, 0.29) is 11.7 Å². The SMILES string of the molecule is CC(=O)Nc1ccc(Nc2nc3ccc(C(=O)c4ccccc4)cc3n3cnnc23)cc1. The van der Waals surface area contributed by atoms with Crippen LogP contribution in [-0.4, -0.2) is 31.3 Å². The normalized spacial score (nSPS) is 10.9. The zero-order chi connectivity index (χ0) is 22.1. The topological polar surface area (TPSA) is 101 Å². The van der Waals surface area contributed by atoms with E-state index >= 15 is 0 Å². The molecule has 0 radical (unpaired) electrons. The number of hydrogen-bond donors (Lipinski definition) is 2. The van der Waals surface area contributed by atoms with Gasteiger partial charge in [-0.3, -0.25) is 14.0 Å². The van der Waals surface area contributed by atoms with Gasteiger partial charge < -0.3 is 10.6 Å². The zero-order valence-electron chi connectivity index (χ0n) is 17.1. The Morgan fingerprint density at radius 2 is 1.62 bits per heavy atom. The molecular weight excluding hydrogens is 404 g/mol. The van der Waals surface area contributed by atoms with Crippen molar-refractivity contribution in [3.05, 3.63) is 90.3 Å². The number of ketones is 1. The molecule has 156 valence electrons. The minimum Gasteiger partial charge on any atom is -0.337 e. The molecule has 0 aliphatic rings. The number of fused-ring (bicyclic) bond motifs is 3. The Labute approximate surface area is 182 Å². The predicted octanol–water partition coefficient (Wildman–Crippen LogP) is 4.21. The summed E-state index contributed by atoms with van der Waals surface area (Å²) in [4.78, 5) is 28.8. The summed E-state index contributed by atoms with van der Waals surface area (Å²) in [6.45, 7) is 1.46. The van der Waals surface area contributed by atoms with Crippen molar-refractivity contribution in [3.8, 4) is 0 Å². The smallest absolute Gasteiger partial charge is 0.221 e. The van der Waals surface area contributed by atoms with Gasteiger partial charge in [0.15, 0.2) is 11.6 Å². The monoisotopic (exact) mass is 422 g/mol. The van der Waals surface area contributed by atoms with Crippen LogP contribution in [0.5, 0.6) is 0 Å². The summed E-state index contributed by atoms with van der Waals surface area (Å²) < 4.78 is 1.80. The van der Waals surface area contributed by atoms with Crippen LogP contribution in [0.4, 0.5) is 17.2 Å². The molecule has 5 rings (SSSR count). The number of carbonyl (C=O) groups excluding carboxylic acids is 2. The predicted molar refractivity (Wildman–Crippen MR) is 122 cm³/mol. The number of hydrogen-bond acceptors (Lipinski definition) is 6. The van der Waals surface area contributed by atoms with Crippen molar-refractivity contribution in [2.45, 2.75) is 6.92 Å².